The van der Waals surface area contributed by atoms with E-state index in [1.54, 1.807) is 11.8 Å². The average molecular weight is 346 g/mol. The van der Waals surface area contributed by atoms with Gasteiger partial charge in [0.1, 0.15) is 0 Å². The quantitative estimate of drug-likeness (QED) is 0.481. The van der Waals surface area contributed by atoms with Gasteiger partial charge in [-0.05, 0) is 42.2 Å². The molecule has 0 unspecified atom stereocenters. The second kappa shape index (κ2) is 8.04. The van der Waals surface area contributed by atoms with Crippen LogP contribution in [-0.2, 0) is 0 Å². The molecule has 2 nitrogen and oxygen atoms in total. The Labute approximate surface area is 153 Å². The van der Waals surface area contributed by atoms with Gasteiger partial charge in [0, 0.05) is 0 Å². The fourth-order valence-corrected chi connectivity index (χ4v) is 3.67. The van der Waals surface area contributed by atoms with Crippen molar-refractivity contribution in [3.8, 4) is 0 Å². The van der Waals surface area contributed by atoms with E-state index in [1.165, 1.54) is 16.7 Å². The Hall–Kier alpha value is -2.52. The van der Waals surface area contributed by atoms with E-state index < -0.39 is 0 Å². The standard InChI is InChI=1S/C22H22N2S/c1-16-13-14-17(2)20(15-16)24-22(23)25-21(18-9-5-3-6-10-18)19-11-7-4-8-12-19/h3-15,21H,1-2H3,(H2,23,24). The van der Waals surface area contributed by atoms with Crippen LogP contribution in [0.15, 0.2) is 83.9 Å². The maximum absolute atomic E-state index is 6.31. The largest absolute Gasteiger partial charge is 0.378 e. The Morgan fingerprint density at radius 3 is 1.96 bits per heavy atom. The highest BCUT2D eigenvalue weighted by molar-refractivity contribution is 8.14. The summed E-state index contributed by atoms with van der Waals surface area (Å²) in [6.45, 7) is 4.13. The van der Waals surface area contributed by atoms with Crippen LogP contribution >= 0.6 is 11.8 Å². The van der Waals surface area contributed by atoms with E-state index in [9.17, 15) is 0 Å². The third-order valence-electron chi connectivity index (χ3n) is 4.04. The summed E-state index contributed by atoms with van der Waals surface area (Å²) in [4.78, 5) is 4.67. The zero-order valence-corrected chi connectivity index (χ0v) is 15.3. The molecule has 0 aliphatic rings. The van der Waals surface area contributed by atoms with Gasteiger partial charge in [-0.15, -0.1) is 0 Å². The topological polar surface area (TPSA) is 38.4 Å². The number of thioether (sulfide) groups is 1. The normalized spacial score (nSPS) is 11.7. The number of amidine groups is 1. The third-order valence-corrected chi connectivity index (χ3v) is 5.15. The summed E-state index contributed by atoms with van der Waals surface area (Å²) in [5.74, 6) is 0. The van der Waals surface area contributed by atoms with Gasteiger partial charge in [0.05, 0.1) is 10.9 Å². The van der Waals surface area contributed by atoms with E-state index in [-0.39, 0.29) is 5.25 Å². The predicted octanol–water partition coefficient (Wildman–Crippen LogP) is 5.77. The molecule has 0 aromatic heterocycles. The lowest BCUT2D eigenvalue weighted by atomic mass is 10.0. The molecule has 0 saturated carbocycles. The monoisotopic (exact) mass is 346 g/mol. The molecule has 2 N–H and O–H groups in total. The molecule has 3 rings (SSSR count). The number of hydrogen-bond acceptors (Lipinski definition) is 2. The predicted molar refractivity (Wildman–Crippen MR) is 110 cm³/mol. The molecule has 0 fully saturated rings. The van der Waals surface area contributed by atoms with Crippen molar-refractivity contribution in [3.63, 3.8) is 0 Å². The maximum atomic E-state index is 6.31. The van der Waals surface area contributed by atoms with Crippen LogP contribution < -0.4 is 5.73 Å². The molecular formula is C22H22N2S. The van der Waals surface area contributed by atoms with E-state index in [4.69, 9.17) is 5.73 Å². The molecule has 25 heavy (non-hydrogen) atoms. The first-order valence-electron chi connectivity index (χ1n) is 8.31. The van der Waals surface area contributed by atoms with Crippen LogP contribution in [0.5, 0.6) is 0 Å². The Bertz CT molecular complexity index is 818. The van der Waals surface area contributed by atoms with E-state index in [0.717, 1.165) is 11.3 Å². The fraction of sp³-hybridized carbons (Fsp3) is 0.136. The van der Waals surface area contributed by atoms with Crippen molar-refractivity contribution in [3.05, 3.63) is 101 Å². The van der Waals surface area contributed by atoms with Crippen LogP contribution in [0.3, 0.4) is 0 Å². The van der Waals surface area contributed by atoms with Crippen molar-refractivity contribution in [2.75, 3.05) is 0 Å². The average Bonchev–Trinajstić information content (AvgIpc) is 2.64. The summed E-state index contributed by atoms with van der Waals surface area (Å²) in [6, 6.07) is 27.1. The second-order valence-electron chi connectivity index (χ2n) is 6.06. The summed E-state index contributed by atoms with van der Waals surface area (Å²) >= 11 is 1.59. The van der Waals surface area contributed by atoms with Gasteiger partial charge in [-0.25, -0.2) is 4.99 Å². The fourth-order valence-electron chi connectivity index (χ4n) is 2.69. The van der Waals surface area contributed by atoms with Gasteiger partial charge < -0.3 is 5.73 Å². The number of aryl methyl sites for hydroxylation is 2. The van der Waals surface area contributed by atoms with Crippen molar-refractivity contribution >= 4 is 22.6 Å². The Balaban J connectivity index is 1.92. The number of rotatable bonds is 4. The zero-order valence-electron chi connectivity index (χ0n) is 14.5. The number of hydrogen-bond donors (Lipinski definition) is 1. The number of benzene rings is 3. The second-order valence-corrected chi connectivity index (χ2v) is 7.18. The van der Waals surface area contributed by atoms with E-state index in [1.807, 2.05) is 12.1 Å². The SMILES string of the molecule is Cc1ccc(C)c(N=C(N)SC(c2ccccc2)c2ccccc2)c1. The highest BCUT2D eigenvalue weighted by Crippen LogP contribution is 2.36. The first-order valence-corrected chi connectivity index (χ1v) is 9.19. The first kappa shape index (κ1) is 17.3. The summed E-state index contributed by atoms with van der Waals surface area (Å²) in [6.07, 6.45) is 0. The Kier molecular flexibility index (Phi) is 5.56. The first-order chi connectivity index (χ1) is 12.1. The molecule has 0 saturated heterocycles. The van der Waals surface area contributed by atoms with E-state index in [2.05, 4.69) is 85.6 Å². The smallest absolute Gasteiger partial charge is 0.160 e. The van der Waals surface area contributed by atoms with Crippen molar-refractivity contribution in [2.45, 2.75) is 19.1 Å². The van der Waals surface area contributed by atoms with Gasteiger partial charge in [0.15, 0.2) is 5.17 Å². The molecule has 0 atom stereocenters. The zero-order chi connectivity index (χ0) is 17.6. The van der Waals surface area contributed by atoms with Crippen LogP contribution in [0.2, 0.25) is 0 Å². The molecule has 0 spiro atoms. The minimum absolute atomic E-state index is 0.122. The maximum Gasteiger partial charge on any atom is 0.160 e. The van der Waals surface area contributed by atoms with Gasteiger partial charge in [0.2, 0.25) is 0 Å². The molecule has 0 aliphatic carbocycles. The van der Waals surface area contributed by atoms with E-state index in [0.29, 0.717) is 5.17 Å². The Morgan fingerprint density at radius 1 is 0.840 bits per heavy atom. The molecule has 3 aromatic rings. The van der Waals surface area contributed by atoms with Crippen molar-refractivity contribution in [1.29, 1.82) is 0 Å². The lowest BCUT2D eigenvalue weighted by molar-refractivity contribution is 1.16. The number of nitrogens with two attached hydrogens (primary N) is 1. The van der Waals surface area contributed by atoms with Gasteiger partial charge in [0.25, 0.3) is 0 Å². The van der Waals surface area contributed by atoms with Gasteiger partial charge >= 0.3 is 0 Å². The lowest BCUT2D eigenvalue weighted by Gasteiger charge is -2.17. The van der Waals surface area contributed by atoms with Crippen LogP contribution in [-0.4, -0.2) is 5.17 Å². The summed E-state index contributed by atoms with van der Waals surface area (Å²) in [5.41, 5.74) is 12.0. The summed E-state index contributed by atoms with van der Waals surface area (Å²) in [7, 11) is 0. The third kappa shape index (κ3) is 4.52. The van der Waals surface area contributed by atoms with Gasteiger partial charge in [-0.1, -0.05) is 84.6 Å². The summed E-state index contributed by atoms with van der Waals surface area (Å²) < 4.78 is 0. The van der Waals surface area contributed by atoms with Crippen LogP contribution in [0, 0.1) is 13.8 Å². The Morgan fingerprint density at radius 2 is 1.40 bits per heavy atom. The highest BCUT2D eigenvalue weighted by atomic mass is 32.2. The molecular weight excluding hydrogens is 324 g/mol. The van der Waals surface area contributed by atoms with Crippen molar-refractivity contribution in [1.82, 2.24) is 0 Å². The molecule has 3 heteroatoms. The minimum atomic E-state index is 0.122. The van der Waals surface area contributed by atoms with E-state index >= 15 is 0 Å². The molecule has 0 amide bonds. The number of nitrogens with zero attached hydrogens (tertiary/aromatic N) is 1. The van der Waals surface area contributed by atoms with Crippen LogP contribution in [0.1, 0.15) is 27.5 Å². The lowest BCUT2D eigenvalue weighted by Crippen LogP contribution is -2.10. The molecule has 0 bridgehead atoms. The van der Waals surface area contributed by atoms with Crippen molar-refractivity contribution < 1.29 is 0 Å². The molecule has 0 heterocycles. The highest BCUT2D eigenvalue weighted by Gasteiger charge is 2.16. The van der Waals surface area contributed by atoms with Gasteiger partial charge in [-0.3, -0.25) is 0 Å². The summed E-state index contributed by atoms with van der Waals surface area (Å²) in [5, 5.41) is 0.697. The van der Waals surface area contributed by atoms with Gasteiger partial charge in [-0.2, -0.15) is 0 Å². The number of aliphatic imine (C=N–C) groups is 1. The molecule has 0 aliphatic heterocycles. The van der Waals surface area contributed by atoms with Crippen LogP contribution in [0.4, 0.5) is 5.69 Å². The molecule has 0 radical (unpaired) electrons. The molecule has 126 valence electrons. The van der Waals surface area contributed by atoms with Crippen LogP contribution in [0.25, 0.3) is 0 Å². The van der Waals surface area contributed by atoms with Crippen molar-refractivity contribution in [2.24, 2.45) is 10.7 Å². The minimum Gasteiger partial charge on any atom is -0.378 e. The molecule has 3 aromatic carbocycles.